The molecule has 0 bridgehead atoms. The number of carbonyl (C=O) groups is 2. The zero-order valence-electron chi connectivity index (χ0n) is 18.3. The highest BCUT2D eigenvalue weighted by Gasteiger charge is 2.28. The lowest BCUT2D eigenvalue weighted by molar-refractivity contribution is -0.134. The summed E-state index contributed by atoms with van der Waals surface area (Å²) < 4.78 is 13.7. The van der Waals surface area contributed by atoms with Crippen molar-refractivity contribution < 1.29 is 14.0 Å². The largest absolute Gasteiger partial charge is 0.353 e. The fourth-order valence-electron chi connectivity index (χ4n) is 3.49. The van der Waals surface area contributed by atoms with Crippen LogP contribution in [0.3, 0.4) is 0 Å². The van der Waals surface area contributed by atoms with E-state index >= 15 is 0 Å². The van der Waals surface area contributed by atoms with Crippen LogP contribution in [0.2, 0.25) is 5.15 Å². The zero-order valence-corrected chi connectivity index (χ0v) is 19.9. The molecule has 7 nitrogen and oxygen atoms in total. The Balaban J connectivity index is 1.60. The summed E-state index contributed by atoms with van der Waals surface area (Å²) in [5, 5.41) is 3.18. The summed E-state index contributed by atoms with van der Waals surface area (Å²) >= 11 is 7.33. The summed E-state index contributed by atoms with van der Waals surface area (Å²) in [6.07, 6.45) is 0.541. The molecular weight excluding hydrogens is 453 g/mol. The molecule has 2 heterocycles. The van der Waals surface area contributed by atoms with Gasteiger partial charge in [-0.15, -0.1) is 0 Å². The van der Waals surface area contributed by atoms with Crippen LogP contribution in [0.4, 0.5) is 15.9 Å². The standard InChI is InChI=1S/C22H27ClFN5O2S/c1-14(2)10-21(31)29-9-8-28(12-15(29)3)19-11-18(23)26-22(27-19)32-13-20(30)25-17-7-5-4-6-16(17)24/h4-7,11,14-15H,8-10,12-13H2,1-3H3,(H,25,30). The Kier molecular flexibility index (Phi) is 8.31. The van der Waals surface area contributed by atoms with E-state index in [1.54, 1.807) is 18.2 Å². The molecule has 1 unspecified atom stereocenters. The van der Waals surface area contributed by atoms with E-state index in [1.165, 1.54) is 12.1 Å². The highest BCUT2D eigenvalue weighted by Crippen LogP contribution is 2.25. The van der Waals surface area contributed by atoms with Crippen LogP contribution < -0.4 is 10.2 Å². The molecule has 172 valence electrons. The molecule has 3 rings (SSSR count). The monoisotopic (exact) mass is 479 g/mol. The number of rotatable bonds is 7. The van der Waals surface area contributed by atoms with Crippen molar-refractivity contribution in [3.8, 4) is 0 Å². The third-order valence-corrected chi connectivity index (χ3v) is 6.04. The number of benzene rings is 1. The Morgan fingerprint density at radius 3 is 2.72 bits per heavy atom. The van der Waals surface area contributed by atoms with Gasteiger partial charge in [0.15, 0.2) is 5.16 Å². The number of hydrogen-bond donors (Lipinski definition) is 1. The summed E-state index contributed by atoms with van der Waals surface area (Å²) in [6, 6.07) is 7.72. The lowest BCUT2D eigenvalue weighted by Gasteiger charge is -2.40. The van der Waals surface area contributed by atoms with Gasteiger partial charge in [-0.25, -0.2) is 14.4 Å². The van der Waals surface area contributed by atoms with Gasteiger partial charge in [0.05, 0.1) is 11.4 Å². The molecule has 2 amide bonds. The van der Waals surface area contributed by atoms with Gasteiger partial charge in [-0.1, -0.05) is 49.3 Å². The van der Waals surface area contributed by atoms with Crippen molar-refractivity contribution in [1.29, 1.82) is 0 Å². The first-order chi connectivity index (χ1) is 15.2. The maximum Gasteiger partial charge on any atom is 0.234 e. The van der Waals surface area contributed by atoms with Crippen molar-refractivity contribution in [2.75, 3.05) is 35.6 Å². The van der Waals surface area contributed by atoms with Crippen molar-refractivity contribution in [1.82, 2.24) is 14.9 Å². The topological polar surface area (TPSA) is 78.4 Å². The highest BCUT2D eigenvalue weighted by molar-refractivity contribution is 7.99. The van der Waals surface area contributed by atoms with Gasteiger partial charge in [0.2, 0.25) is 11.8 Å². The lowest BCUT2D eigenvalue weighted by atomic mass is 10.1. The van der Waals surface area contributed by atoms with E-state index < -0.39 is 5.82 Å². The zero-order chi connectivity index (χ0) is 23.3. The summed E-state index contributed by atoms with van der Waals surface area (Å²) in [4.78, 5) is 37.4. The lowest BCUT2D eigenvalue weighted by Crippen LogP contribution is -2.54. The predicted molar refractivity (Wildman–Crippen MR) is 126 cm³/mol. The molecule has 2 aromatic rings. The fraction of sp³-hybridized carbons (Fsp3) is 0.455. The van der Waals surface area contributed by atoms with Gasteiger partial charge in [-0.2, -0.15) is 0 Å². The van der Waals surface area contributed by atoms with Crippen LogP contribution in [0.25, 0.3) is 0 Å². The van der Waals surface area contributed by atoms with Crippen LogP contribution in [0, 0.1) is 11.7 Å². The third kappa shape index (κ3) is 6.56. The minimum atomic E-state index is -0.493. The van der Waals surface area contributed by atoms with Crippen molar-refractivity contribution in [2.45, 2.75) is 38.4 Å². The molecule has 1 aliphatic rings. The summed E-state index contributed by atoms with van der Waals surface area (Å²) in [7, 11) is 0. The number of nitrogens with zero attached hydrogens (tertiary/aromatic N) is 4. The first-order valence-electron chi connectivity index (χ1n) is 10.5. The summed E-state index contributed by atoms with van der Waals surface area (Å²) in [6.45, 7) is 7.99. The molecule has 1 saturated heterocycles. The maximum absolute atomic E-state index is 13.7. The minimum Gasteiger partial charge on any atom is -0.353 e. The number of nitrogens with one attached hydrogen (secondary N) is 1. The SMILES string of the molecule is CC(C)CC(=O)N1CCN(c2cc(Cl)nc(SCC(=O)Nc3ccccc3F)n2)CC1C. The Morgan fingerprint density at radius 1 is 1.28 bits per heavy atom. The summed E-state index contributed by atoms with van der Waals surface area (Å²) in [5.41, 5.74) is 0.129. The van der Waals surface area contributed by atoms with Gasteiger partial charge < -0.3 is 15.1 Å². The smallest absolute Gasteiger partial charge is 0.234 e. The van der Waals surface area contributed by atoms with Gasteiger partial charge in [-0.3, -0.25) is 9.59 Å². The average Bonchev–Trinajstić information content (AvgIpc) is 2.73. The van der Waals surface area contributed by atoms with Gasteiger partial charge in [0.25, 0.3) is 0 Å². The third-order valence-electron chi connectivity index (χ3n) is 5.00. The number of amides is 2. The van der Waals surface area contributed by atoms with Crippen LogP contribution in [-0.2, 0) is 9.59 Å². The molecule has 1 aromatic carbocycles. The van der Waals surface area contributed by atoms with Crippen molar-refractivity contribution in [3.05, 3.63) is 41.3 Å². The van der Waals surface area contributed by atoms with Gasteiger partial charge in [0.1, 0.15) is 16.8 Å². The number of carbonyl (C=O) groups excluding carboxylic acids is 2. The van der Waals surface area contributed by atoms with E-state index in [4.69, 9.17) is 11.6 Å². The molecule has 1 atom stereocenters. The second-order valence-electron chi connectivity index (χ2n) is 8.13. The molecule has 10 heteroatoms. The second-order valence-corrected chi connectivity index (χ2v) is 9.46. The Bertz CT molecular complexity index is 977. The van der Waals surface area contributed by atoms with E-state index in [-0.39, 0.29) is 34.4 Å². The number of anilines is 2. The molecule has 0 aliphatic carbocycles. The van der Waals surface area contributed by atoms with Crippen LogP contribution >= 0.6 is 23.4 Å². The molecule has 1 aliphatic heterocycles. The Labute approximate surface area is 196 Å². The minimum absolute atomic E-state index is 0.0159. The first kappa shape index (κ1) is 24.3. The molecule has 1 fully saturated rings. The van der Waals surface area contributed by atoms with Crippen LogP contribution in [0.1, 0.15) is 27.2 Å². The molecule has 1 N–H and O–H groups in total. The van der Waals surface area contributed by atoms with Crippen molar-refractivity contribution >= 4 is 46.7 Å². The van der Waals surface area contributed by atoms with Crippen LogP contribution in [-0.4, -0.2) is 58.1 Å². The van der Waals surface area contributed by atoms with E-state index in [0.717, 1.165) is 11.8 Å². The fourth-order valence-corrected chi connectivity index (χ4v) is 4.37. The van der Waals surface area contributed by atoms with E-state index in [2.05, 4.69) is 20.2 Å². The van der Waals surface area contributed by atoms with Crippen molar-refractivity contribution in [2.24, 2.45) is 5.92 Å². The number of piperazine rings is 1. The number of aromatic nitrogens is 2. The Morgan fingerprint density at radius 2 is 2.03 bits per heavy atom. The normalized spacial score (nSPS) is 16.4. The first-order valence-corrected chi connectivity index (χ1v) is 11.9. The highest BCUT2D eigenvalue weighted by atomic mass is 35.5. The van der Waals surface area contributed by atoms with E-state index in [9.17, 15) is 14.0 Å². The van der Waals surface area contributed by atoms with Crippen LogP contribution in [0.15, 0.2) is 35.5 Å². The number of halogens is 2. The molecule has 1 aromatic heterocycles. The molecule has 0 saturated carbocycles. The number of thioether (sulfide) groups is 1. The predicted octanol–water partition coefficient (Wildman–Crippen LogP) is 4.08. The average molecular weight is 480 g/mol. The van der Waals surface area contributed by atoms with Gasteiger partial charge in [0, 0.05) is 38.2 Å². The quantitative estimate of drug-likeness (QED) is 0.366. The van der Waals surface area contributed by atoms with Crippen LogP contribution in [0.5, 0.6) is 0 Å². The number of hydrogen-bond acceptors (Lipinski definition) is 6. The van der Waals surface area contributed by atoms with Gasteiger partial charge >= 0.3 is 0 Å². The Hall–Kier alpha value is -2.39. The van der Waals surface area contributed by atoms with Crippen molar-refractivity contribution in [3.63, 3.8) is 0 Å². The summed E-state index contributed by atoms with van der Waals surface area (Å²) in [5.74, 6) is 0.309. The second kappa shape index (κ2) is 11.0. The molecule has 32 heavy (non-hydrogen) atoms. The molecule has 0 spiro atoms. The van der Waals surface area contributed by atoms with E-state index in [0.29, 0.717) is 42.9 Å². The number of para-hydroxylation sites is 1. The maximum atomic E-state index is 13.7. The molecule has 0 radical (unpaired) electrons. The molecular formula is C22H27ClFN5O2S. The van der Waals surface area contributed by atoms with Gasteiger partial charge in [-0.05, 0) is 25.0 Å². The van der Waals surface area contributed by atoms with E-state index in [1.807, 2.05) is 25.7 Å².